The molecule has 2 aromatic rings. The molecule has 0 bridgehead atoms. The van der Waals surface area contributed by atoms with Crippen LogP contribution in [-0.4, -0.2) is 57.5 Å². The zero-order valence-electron chi connectivity index (χ0n) is 13.9. The lowest BCUT2D eigenvalue weighted by molar-refractivity contribution is 0.0426. The Bertz CT molecular complexity index is 809. The predicted octanol–water partition coefficient (Wildman–Crippen LogP) is 1.62. The number of carbonyl (C=O) groups is 4. The zero-order chi connectivity index (χ0) is 20.4. The van der Waals surface area contributed by atoms with Gasteiger partial charge >= 0.3 is 23.9 Å². The highest BCUT2D eigenvalue weighted by Gasteiger charge is 2.16. The number of benzene rings is 2. The average molecular weight is 376 g/mol. The van der Waals surface area contributed by atoms with E-state index in [2.05, 4.69) is 4.74 Å². The number of aliphatic hydroxyl groups excluding tert-OH is 1. The molecule has 2 aromatic carbocycles. The molecule has 2 rings (SSSR count). The number of rotatable bonds is 6. The molecule has 0 spiro atoms. The number of aliphatic hydroxyl groups is 1. The summed E-state index contributed by atoms with van der Waals surface area (Å²) < 4.78 is 4.62. The Morgan fingerprint density at radius 2 is 1.00 bits per heavy atom. The molecule has 142 valence electrons. The van der Waals surface area contributed by atoms with Gasteiger partial charge in [0.05, 0.1) is 28.9 Å². The summed E-state index contributed by atoms with van der Waals surface area (Å²) in [5, 5.41) is 34.3. The van der Waals surface area contributed by atoms with Crippen LogP contribution >= 0.6 is 0 Å². The number of carbonyl (C=O) groups excluding carboxylic acids is 1. The van der Waals surface area contributed by atoms with Gasteiger partial charge in [-0.3, -0.25) is 0 Å². The molecule has 27 heavy (non-hydrogen) atoms. The van der Waals surface area contributed by atoms with Gasteiger partial charge in [0.15, 0.2) is 0 Å². The summed E-state index contributed by atoms with van der Waals surface area (Å²) in [6, 6.07) is 11.2. The summed E-state index contributed by atoms with van der Waals surface area (Å²) in [7, 11) is 0. The van der Waals surface area contributed by atoms with Crippen LogP contribution in [0.1, 0.15) is 41.4 Å². The predicted molar refractivity (Wildman–Crippen MR) is 91.1 cm³/mol. The van der Waals surface area contributed by atoms with E-state index in [1.807, 2.05) is 0 Å². The third kappa shape index (κ3) is 6.25. The Morgan fingerprint density at radius 3 is 1.33 bits per heavy atom. The summed E-state index contributed by atoms with van der Waals surface area (Å²) in [5.41, 5.74) is -0.506. The minimum Gasteiger partial charge on any atom is -0.478 e. The van der Waals surface area contributed by atoms with Gasteiger partial charge in [0.25, 0.3) is 0 Å². The highest BCUT2D eigenvalue weighted by Crippen LogP contribution is 2.10. The molecule has 0 aliphatic carbocycles. The first kappa shape index (κ1) is 21.3. The lowest BCUT2D eigenvalue weighted by Gasteiger charge is -2.05. The van der Waals surface area contributed by atoms with Crippen molar-refractivity contribution in [1.29, 1.82) is 0 Å². The summed E-state index contributed by atoms with van der Waals surface area (Å²) in [6.45, 7) is -0.437. The van der Waals surface area contributed by atoms with Gasteiger partial charge in [-0.2, -0.15) is 0 Å². The molecule has 9 heteroatoms. The van der Waals surface area contributed by atoms with Crippen molar-refractivity contribution < 1.29 is 44.3 Å². The van der Waals surface area contributed by atoms with Crippen molar-refractivity contribution in [2.75, 3.05) is 13.2 Å². The number of aromatic carboxylic acids is 3. The van der Waals surface area contributed by atoms with Gasteiger partial charge in [-0.05, 0) is 24.3 Å². The SMILES string of the molecule is O=C(O)c1ccccc1C(=O)O.O=C(O)c1ccccc1C(=O)OCCO. The van der Waals surface area contributed by atoms with Crippen LogP contribution in [0.2, 0.25) is 0 Å². The molecule has 0 aliphatic rings. The fourth-order valence-corrected chi connectivity index (χ4v) is 1.92. The molecular formula is C18H16O9. The fourth-order valence-electron chi connectivity index (χ4n) is 1.92. The molecule has 0 atom stereocenters. The Kier molecular flexibility index (Phi) is 8.14. The minimum atomic E-state index is -1.23. The van der Waals surface area contributed by atoms with Crippen LogP contribution < -0.4 is 0 Å². The minimum absolute atomic E-state index is 0.0153. The van der Waals surface area contributed by atoms with Crippen LogP contribution in [0.4, 0.5) is 0 Å². The van der Waals surface area contributed by atoms with E-state index in [-0.39, 0.29) is 35.5 Å². The molecule has 0 aliphatic heterocycles. The van der Waals surface area contributed by atoms with E-state index in [0.29, 0.717) is 0 Å². The maximum atomic E-state index is 11.3. The smallest absolute Gasteiger partial charge is 0.339 e. The van der Waals surface area contributed by atoms with E-state index >= 15 is 0 Å². The van der Waals surface area contributed by atoms with Crippen LogP contribution in [0.3, 0.4) is 0 Å². The van der Waals surface area contributed by atoms with E-state index in [9.17, 15) is 19.2 Å². The number of hydrogen-bond donors (Lipinski definition) is 4. The number of esters is 1. The second-order valence-electron chi connectivity index (χ2n) is 4.87. The van der Waals surface area contributed by atoms with E-state index in [4.69, 9.17) is 20.4 Å². The number of carboxylic acids is 3. The van der Waals surface area contributed by atoms with E-state index in [1.54, 1.807) is 6.07 Å². The van der Waals surface area contributed by atoms with Gasteiger partial charge in [-0.25, -0.2) is 19.2 Å². The van der Waals surface area contributed by atoms with Crippen molar-refractivity contribution in [2.45, 2.75) is 0 Å². The molecular weight excluding hydrogens is 360 g/mol. The summed E-state index contributed by atoms with van der Waals surface area (Å²) >= 11 is 0. The molecule has 0 heterocycles. The monoisotopic (exact) mass is 376 g/mol. The first-order valence-corrected chi connectivity index (χ1v) is 7.45. The Hall–Kier alpha value is -3.72. The fraction of sp³-hybridized carbons (Fsp3) is 0.111. The molecule has 0 saturated heterocycles. The first-order chi connectivity index (χ1) is 12.8. The molecule has 0 amide bonds. The maximum Gasteiger partial charge on any atom is 0.339 e. The van der Waals surface area contributed by atoms with Crippen molar-refractivity contribution in [2.24, 2.45) is 0 Å². The molecule has 0 fully saturated rings. The van der Waals surface area contributed by atoms with Crippen LogP contribution in [0.25, 0.3) is 0 Å². The van der Waals surface area contributed by atoms with Gasteiger partial charge in [0.2, 0.25) is 0 Å². The normalized spacial score (nSPS) is 9.52. The van der Waals surface area contributed by atoms with Crippen molar-refractivity contribution in [3.63, 3.8) is 0 Å². The standard InChI is InChI=1S/C10H10O5.C8H6O4/c11-5-6-15-10(14)8-4-2-1-3-7(8)9(12)13;9-7(10)5-3-1-2-4-6(5)8(11)12/h1-4,11H,5-6H2,(H,12,13);1-4H,(H,9,10)(H,11,12). The van der Waals surface area contributed by atoms with Crippen molar-refractivity contribution in [3.05, 3.63) is 70.8 Å². The highest BCUT2D eigenvalue weighted by molar-refractivity contribution is 6.02. The molecule has 0 radical (unpaired) electrons. The number of hydrogen-bond acceptors (Lipinski definition) is 6. The van der Waals surface area contributed by atoms with Gasteiger partial charge in [-0.1, -0.05) is 24.3 Å². The third-order valence-corrected chi connectivity index (χ3v) is 3.09. The quantitative estimate of drug-likeness (QED) is 0.549. The molecule has 0 unspecified atom stereocenters. The largest absolute Gasteiger partial charge is 0.478 e. The van der Waals surface area contributed by atoms with E-state index < -0.39 is 23.9 Å². The molecule has 4 N–H and O–H groups in total. The van der Waals surface area contributed by atoms with Crippen LogP contribution in [0, 0.1) is 0 Å². The molecule has 9 nitrogen and oxygen atoms in total. The van der Waals surface area contributed by atoms with E-state index in [0.717, 1.165) is 0 Å². The third-order valence-electron chi connectivity index (χ3n) is 3.09. The number of ether oxygens (including phenoxy) is 1. The van der Waals surface area contributed by atoms with E-state index in [1.165, 1.54) is 42.5 Å². The van der Waals surface area contributed by atoms with Gasteiger partial charge in [0, 0.05) is 0 Å². The second kappa shape index (κ2) is 10.3. The Balaban J connectivity index is 0.000000277. The zero-order valence-corrected chi connectivity index (χ0v) is 13.9. The van der Waals surface area contributed by atoms with Crippen LogP contribution in [0.15, 0.2) is 48.5 Å². The topological polar surface area (TPSA) is 158 Å². The Morgan fingerprint density at radius 1 is 0.667 bits per heavy atom. The second-order valence-corrected chi connectivity index (χ2v) is 4.87. The van der Waals surface area contributed by atoms with Crippen LogP contribution in [-0.2, 0) is 4.74 Å². The Labute approximate surface area is 153 Å². The van der Waals surface area contributed by atoms with Crippen molar-refractivity contribution in [1.82, 2.24) is 0 Å². The van der Waals surface area contributed by atoms with Gasteiger partial charge < -0.3 is 25.2 Å². The van der Waals surface area contributed by atoms with Gasteiger partial charge in [-0.15, -0.1) is 0 Å². The highest BCUT2D eigenvalue weighted by atomic mass is 16.5. The lowest BCUT2D eigenvalue weighted by atomic mass is 10.1. The maximum absolute atomic E-state index is 11.3. The summed E-state index contributed by atoms with van der Waals surface area (Å²) in [4.78, 5) is 43.0. The van der Waals surface area contributed by atoms with Crippen molar-refractivity contribution >= 4 is 23.9 Å². The summed E-state index contributed by atoms with van der Waals surface area (Å²) in [6.07, 6.45) is 0. The van der Waals surface area contributed by atoms with Crippen LogP contribution in [0.5, 0.6) is 0 Å². The first-order valence-electron chi connectivity index (χ1n) is 7.45. The average Bonchev–Trinajstić information content (AvgIpc) is 2.66. The van der Waals surface area contributed by atoms with Crippen molar-refractivity contribution in [3.8, 4) is 0 Å². The lowest BCUT2D eigenvalue weighted by Crippen LogP contribution is -2.13. The molecule has 0 saturated carbocycles. The summed E-state index contributed by atoms with van der Waals surface area (Å²) in [5.74, 6) is -4.39. The molecule has 0 aromatic heterocycles. The van der Waals surface area contributed by atoms with Gasteiger partial charge in [0.1, 0.15) is 6.61 Å². The number of carboxylic acid groups (broad SMARTS) is 3.